The first-order valence-corrected chi connectivity index (χ1v) is 9.71. The van der Waals surface area contributed by atoms with Crippen LogP contribution in [0.5, 0.6) is 5.75 Å². The van der Waals surface area contributed by atoms with Gasteiger partial charge in [0.2, 0.25) is 0 Å². The third kappa shape index (κ3) is 5.03. The van der Waals surface area contributed by atoms with Crippen LogP contribution in [0.1, 0.15) is 27.9 Å². The fourth-order valence-electron chi connectivity index (χ4n) is 3.61. The number of halogens is 3. The number of amides is 1. The molecule has 4 rings (SSSR count). The van der Waals surface area contributed by atoms with Crippen LogP contribution < -0.4 is 10.1 Å². The second-order valence-corrected chi connectivity index (χ2v) is 7.30. The zero-order chi connectivity index (χ0) is 22.0. The predicted molar refractivity (Wildman–Crippen MR) is 109 cm³/mol. The molecule has 5 nitrogen and oxygen atoms in total. The summed E-state index contributed by atoms with van der Waals surface area (Å²) >= 11 is 0. The van der Waals surface area contributed by atoms with E-state index in [1.54, 1.807) is 18.2 Å². The SMILES string of the molecule is O=C(Nc1cccc2c1CC(O)CC2)c1ccc(-c2ccc(OC(F)(F)F)cc2)nc1. The highest BCUT2D eigenvalue weighted by Crippen LogP contribution is 2.29. The van der Waals surface area contributed by atoms with Crippen molar-refractivity contribution in [3.05, 3.63) is 77.5 Å². The van der Waals surface area contributed by atoms with Crippen molar-refractivity contribution >= 4 is 11.6 Å². The maximum atomic E-state index is 12.7. The fraction of sp³-hybridized carbons (Fsp3) is 0.217. The molecule has 1 amide bonds. The van der Waals surface area contributed by atoms with Crippen molar-refractivity contribution < 1.29 is 27.8 Å². The van der Waals surface area contributed by atoms with Gasteiger partial charge in [0.15, 0.2) is 0 Å². The number of rotatable bonds is 4. The average molecular weight is 428 g/mol. The standard InChI is InChI=1S/C23H19F3N2O3/c24-23(25,26)31-18-9-5-15(6-10-18)20-11-7-16(13-27-20)22(30)28-21-3-1-2-14-4-8-17(29)12-19(14)21/h1-3,5-7,9-11,13,17,29H,4,8,12H2,(H,28,30). The topological polar surface area (TPSA) is 71.5 Å². The number of alkyl halides is 3. The van der Waals surface area contributed by atoms with Gasteiger partial charge in [0, 0.05) is 23.9 Å². The van der Waals surface area contributed by atoms with E-state index in [0.717, 1.165) is 17.5 Å². The zero-order valence-electron chi connectivity index (χ0n) is 16.3. The van der Waals surface area contributed by atoms with Crippen molar-refractivity contribution in [1.82, 2.24) is 4.98 Å². The normalized spacial score (nSPS) is 15.8. The summed E-state index contributed by atoms with van der Waals surface area (Å²) in [6.45, 7) is 0. The van der Waals surface area contributed by atoms with Crippen molar-refractivity contribution in [2.24, 2.45) is 0 Å². The van der Waals surface area contributed by atoms with Crippen LogP contribution in [-0.2, 0) is 12.8 Å². The van der Waals surface area contributed by atoms with Gasteiger partial charge in [-0.25, -0.2) is 0 Å². The Bertz CT molecular complexity index is 1080. The molecule has 0 saturated carbocycles. The molecule has 2 aromatic carbocycles. The maximum absolute atomic E-state index is 12.7. The number of fused-ring (bicyclic) bond motifs is 1. The van der Waals surface area contributed by atoms with Crippen LogP contribution in [0.15, 0.2) is 60.8 Å². The lowest BCUT2D eigenvalue weighted by molar-refractivity contribution is -0.274. The zero-order valence-corrected chi connectivity index (χ0v) is 16.3. The summed E-state index contributed by atoms with van der Waals surface area (Å²) in [5.74, 6) is -0.648. The van der Waals surface area contributed by atoms with E-state index in [1.807, 2.05) is 12.1 Å². The van der Waals surface area contributed by atoms with Crippen LogP contribution in [0, 0.1) is 0 Å². The minimum absolute atomic E-state index is 0.316. The van der Waals surface area contributed by atoms with Gasteiger partial charge in [0.1, 0.15) is 5.75 Å². The monoisotopic (exact) mass is 428 g/mol. The lowest BCUT2D eigenvalue weighted by Gasteiger charge is -2.23. The molecule has 1 aliphatic carbocycles. The number of aryl methyl sites for hydroxylation is 1. The molecule has 1 unspecified atom stereocenters. The van der Waals surface area contributed by atoms with Gasteiger partial charge in [-0.3, -0.25) is 9.78 Å². The molecule has 31 heavy (non-hydrogen) atoms. The summed E-state index contributed by atoms with van der Waals surface area (Å²) in [6, 6.07) is 14.2. The number of benzene rings is 2. The first kappa shape index (κ1) is 20.9. The maximum Gasteiger partial charge on any atom is 0.573 e. The van der Waals surface area contributed by atoms with Crippen molar-refractivity contribution in [3.8, 4) is 17.0 Å². The number of pyridine rings is 1. The third-order valence-corrected chi connectivity index (χ3v) is 5.12. The molecule has 0 fully saturated rings. The van der Waals surface area contributed by atoms with Gasteiger partial charge in [0.05, 0.1) is 17.4 Å². The fourth-order valence-corrected chi connectivity index (χ4v) is 3.61. The Balaban J connectivity index is 1.47. The number of hydrogen-bond donors (Lipinski definition) is 2. The molecule has 3 aromatic rings. The van der Waals surface area contributed by atoms with Gasteiger partial charge in [-0.15, -0.1) is 13.2 Å². The largest absolute Gasteiger partial charge is 0.573 e. The van der Waals surface area contributed by atoms with E-state index in [1.165, 1.54) is 30.5 Å². The van der Waals surface area contributed by atoms with E-state index >= 15 is 0 Å². The van der Waals surface area contributed by atoms with Crippen LogP contribution in [-0.4, -0.2) is 28.5 Å². The number of carbonyl (C=O) groups is 1. The molecule has 1 aliphatic rings. The van der Waals surface area contributed by atoms with Crippen LogP contribution in [0.3, 0.4) is 0 Å². The number of aliphatic hydroxyl groups excluding tert-OH is 1. The Morgan fingerprint density at radius 2 is 1.87 bits per heavy atom. The number of nitrogens with one attached hydrogen (secondary N) is 1. The molecular formula is C23H19F3N2O3. The number of anilines is 1. The average Bonchev–Trinajstić information content (AvgIpc) is 2.74. The molecule has 1 aromatic heterocycles. The van der Waals surface area contributed by atoms with Gasteiger partial charge in [-0.2, -0.15) is 0 Å². The first-order valence-electron chi connectivity index (χ1n) is 9.71. The van der Waals surface area contributed by atoms with E-state index < -0.39 is 12.5 Å². The molecule has 1 heterocycles. The predicted octanol–water partition coefficient (Wildman–Crippen LogP) is 4.75. The van der Waals surface area contributed by atoms with E-state index in [-0.39, 0.29) is 11.7 Å². The van der Waals surface area contributed by atoms with E-state index in [2.05, 4.69) is 15.0 Å². The van der Waals surface area contributed by atoms with Gasteiger partial charge in [-0.05, 0) is 66.4 Å². The summed E-state index contributed by atoms with van der Waals surface area (Å²) in [5.41, 5.74) is 4.18. The van der Waals surface area contributed by atoms with Gasteiger partial charge in [-0.1, -0.05) is 12.1 Å². The number of ether oxygens (including phenoxy) is 1. The number of carbonyl (C=O) groups excluding carboxylic acids is 1. The molecule has 1 atom stereocenters. The highest BCUT2D eigenvalue weighted by molar-refractivity contribution is 6.04. The molecule has 8 heteroatoms. The number of nitrogens with zero attached hydrogens (tertiary/aromatic N) is 1. The minimum atomic E-state index is -4.75. The molecular weight excluding hydrogens is 409 g/mol. The van der Waals surface area contributed by atoms with E-state index in [4.69, 9.17) is 0 Å². The van der Waals surface area contributed by atoms with Crippen molar-refractivity contribution in [1.29, 1.82) is 0 Å². The molecule has 160 valence electrons. The minimum Gasteiger partial charge on any atom is -0.406 e. The van der Waals surface area contributed by atoms with Gasteiger partial charge >= 0.3 is 6.36 Å². The summed E-state index contributed by atoms with van der Waals surface area (Å²) in [5, 5.41) is 12.8. The first-order chi connectivity index (χ1) is 14.8. The second kappa shape index (κ2) is 8.39. The Kier molecular flexibility index (Phi) is 5.65. The number of aromatic nitrogens is 1. The highest BCUT2D eigenvalue weighted by Gasteiger charge is 2.31. The molecule has 0 spiro atoms. The quantitative estimate of drug-likeness (QED) is 0.629. The Morgan fingerprint density at radius 1 is 1.10 bits per heavy atom. The van der Waals surface area contributed by atoms with Crippen molar-refractivity contribution in [2.45, 2.75) is 31.7 Å². The third-order valence-electron chi connectivity index (χ3n) is 5.12. The van der Waals surface area contributed by atoms with Crippen molar-refractivity contribution in [2.75, 3.05) is 5.32 Å². The lowest BCUT2D eigenvalue weighted by atomic mass is 9.88. The highest BCUT2D eigenvalue weighted by atomic mass is 19.4. The number of hydrogen-bond acceptors (Lipinski definition) is 4. The van der Waals surface area contributed by atoms with Crippen LogP contribution in [0.4, 0.5) is 18.9 Å². The van der Waals surface area contributed by atoms with Crippen LogP contribution in [0.2, 0.25) is 0 Å². The summed E-state index contributed by atoms with van der Waals surface area (Å²) in [4.78, 5) is 16.9. The molecule has 0 bridgehead atoms. The summed E-state index contributed by atoms with van der Waals surface area (Å²) in [6.07, 6.45) is -1.78. The van der Waals surface area contributed by atoms with Gasteiger partial charge in [0.25, 0.3) is 5.91 Å². The summed E-state index contributed by atoms with van der Waals surface area (Å²) in [7, 11) is 0. The van der Waals surface area contributed by atoms with Crippen LogP contribution >= 0.6 is 0 Å². The summed E-state index contributed by atoms with van der Waals surface area (Å²) < 4.78 is 40.7. The molecule has 0 saturated heterocycles. The van der Waals surface area contributed by atoms with Crippen LogP contribution in [0.25, 0.3) is 11.3 Å². The molecule has 0 aliphatic heterocycles. The Labute approximate surface area is 176 Å². The molecule has 2 N–H and O–H groups in total. The van der Waals surface area contributed by atoms with Gasteiger partial charge < -0.3 is 15.2 Å². The van der Waals surface area contributed by atoms with Crippen molar-refractivity contribution in [3.63, 3.8) is 0 Å². The Hall–Kier alpha value is -3.39. The second-order valence-electron chi connectivity index (χ2n) is 7.30. The molecule has 0 radical (unpaired) electrons. The van der Waals surface area contributed by atoms with E-state index in [0.29, 0.717) is 35.3 Å². The number of aliphatic hydroxyl groups is 1. The van der Waals surface area contributed by atoms with E-state index in [9.17, 15) is 23.1 Å². The smallest absolute Gasteiger partial charge is 0.406 e. The lowest BCUT2D eigenvalue weighted by Crippen LogP contribution is -2.21. The Morgan fingerprint density at radius 3 is 2.55 bits per heavy atom.